The Balaban J connectivity index is 1.67. The molecule has 7 heteroatoms. The molecule has 2 fully saturated rings. The standard InChI is InChI=1S/C19H31N3O3S/c1-13(2)22(14(3)4)26(23,24)17-7-8-19(20-12-17)21-16-9-10-25-18(11-16)15-5-6-15/h7-8,12-16,18H,5-6,9-11H2,1-4H3,(H,20,21). The highest BCUT2D eigenvalue weighted by molar-refractivity contribution is 7.89. The van der Waals surface area contributed by atoms with Gasteiger partial charge in [-0.1, -0.05) is 0 Å². The van der Waals surface area contributed by atoms with Crippen LogP contribution in [0.5, 0.6) is 0 Å². The molecule has 0 radical (unpaired) electrons. The van der Waals surface area contributed by atoms with E-state index in [0.717, 1.165) is 31.2 Å². The molecule has 2 aliphatic rings. The molecule has 1 saturated heterocycles. The summed E-state index contributed by atoms with van der Waals surface area (Å²) in [7, 11) is -3.54. The van der Waals surface area contributed by atoms with Gasteiger partial charge in [-0.15, -0.1) is 0 Å². The predicted octanol–water partition coefficient (Wildman–Crippen LogP) is 3.26. The minimum atomic E-state index is -3.54. The molecular weight excluding hydrogens is 350 g/mol. The Bertz CT molecular complexity index is 691. The average Bonchev–Trinajstić information content (AvgIpc) is 3.39. The zero-order valence-electron chi connectivity index (χ0n) is 16.2. The third-order valence-electron chi connectivity index (χ3n) is 5.14. The first-order valence-corrected chi connectivity index (χ1v) is 11.1. The second-order valence-electron chi connectivity index (χ2n) is 8.01. The number of ether oxygens (including phenoxy) is 1. The fourth-order valence-electron chi connectivity index (χ4n) is 3.86. The van der Waals surface area contributed by atoms with Crippen LogP contribution in [-0.2, 0) is 14.8 Å². The minimum absolute atomic E-state index is 0.0978. The molecule has 0 spiro atoms. The van der Waals surface area contributed by atoms with Gasteiger partial charge in [0, 0.05) is 30.9 Å². The number of hydrogen-bond donors (Lipinski definition) is 1. The van der Waals surface area contributed by atoms with Crippen molar-refractivity contribution in [1.82, 2.24) is 9.29 Å². The van der Waals surface area contributed by atoms with Crippen LogP contribution in [0.3, 0.4) is 0 Å². The second kappa shape index (κ2) is 7.82. The molecule has 146 valence electrons. The summed E-state index contributed by atoms with van der Waals surface area (Å²) in [5.41, 5.74) is 0. The van der Waals surface area contributed by atoms with Crippen LogP contribution >= 0.6 is 0 Å². The second-order valence-corrected chi connectivity index (χ2v) is 9.86. The third-order valence-corrected chi connectivity index (χ3v) is 7.38. The number of sulfonamides is 1. The summed E-state index contributed by atoms with van der Waals surface area (Å²) in [6, 6.07) is 3.57. The van der Waals surface area contributed by atoms with Crippen LogP contribution in [0, 0.1) is 5.92 Å². The lowest BCUT2D eigenvalue weighted by Gasteiger charge is -2.31. The number of nitrogens with zero attached hydrogens (tertiary/aromatic N) is 2. The van der Waals surface area contributed by atoms with E-state index in [2.05, 4.69) is 10.3 Å². The maximum atomic E-state index is 12.9. The maximum absolute atomic E-state index is 12.9. The van der Waals surface area contributed by atoms with Gasteiger partial charge < -0.3 is 10.1 Å². The van der Waals surface area contributed by atoms with Gasteiger partial charge in [0.05, 0.1) is 6.10 Å². The van der Waals surface area contributed by atoms with Crippen LogP contribution in [0.15, 0.2) is 23.2 Å². The van der Waals surface area contributed by atoms with E-state index < -0.39 is 10.0 Å². The lowest BCUT2D eigenvalue weighted by atomic mass is 10.00. The quantitative estimate of drug-likeness (QED) is 0.785. The largest absolute Gasteiger partial charge is 0.378 e. The molecular formula is C19H31N3O3S. The number of anilines is 1. The van der Waals surface area contributed by atoms with Gasteiger partial charge in [-0.25, -0.2) is 13.4 Å². The summed E-state index contributed by atoms with van der Waals surface area (Å²) in [5.74, 6) is 1.46. The van der Waals surface area contributed by atoms with E-state index >= 15 is 0 Å². The highest BCUT2D eigenvalue weighted by atomic mass is 32.2. The SMILES string of the molecule is CC(C)N(C(C)C)S(=O)(=O)c1ccc(NC2CCOC(C3CC3)C2)nc1. The van der Waals surface area contributed by atoms with Crippen LogP contribution in [0.2, 0.25) is 0 Å². The maximum Gasteiger partial charge on any atom is 0.245 e. The molecule has 3 rings (SSSR count). The number of rotatable bonds is 7. The zero-order valence-corrected chi connectivity index (χ0v) is 17.0. The molecule has 1 aromatic rings. The van der Waals surface area contributed by atoms with Crippen molar-refractivity contribution in [1.29, 1.82) is 0 Å². The minimum Gasteiger partial charge on any atom is -0.378 e. The van der Waals surface area contributed by atoms with Gasteiger partial charge in [0.15, 0.2) is 0 Å². The topological polar surface area (TPSA) is 71.5 Å². The Morgan fingerprint density at radius 3 is 2.38 bits per heavy atom. The highest BCUT2D eigenvalue weighted by Gasteiger charge is 2.36. The normalized spacial score (nSPS) is 24.4. The fraction of sp³-hybridized carbons (Fsp3) is 0.737. The Morgan fingerprint density at radius 2 is 1.85 bits per heavy atom. The summed E-state index contributed by atoms with van der Waals surface area (Å²) in [6.07, 6.45) is 6.36. The molecule has 0 aromatic carbocycles. The molecule has 2 heterocycles. The molecule has 1 saturated carbocycles. The summed E-state index contributed by atoms with van der Waals surface area (Å²) in [4.78, 5) is 4.61. The molecule has 1 aliphatic carbocycles. The van der Waals surface area contributed by atoms with Crippen LogP contribution in [0.4, 0.5) is 5.82 Å². The van der Waals surface area contributed by atoms with E-state index in [-0.39, 0.29) is 17.0 Å². The molecule has 6 nitrogen and oxygen atoms in total. The summed E-state index contributed by atoms with van der Waals surface area (Å²) < 4.78 is 33.2. The van der Waals surface area contributed by atoms with Gasteiger partial charge in [-0.3, -0.25) is 0 Å². The van der Waals surface area contributed by atoms with E-state index in [4.69, 9.17) is 4.74 Å². The molecule has 1 aromatic heterocycles. The molecule has 0 amide bonds. The summed E-state index contributed by atoms with van der Waals surface area (Å²) in [5, 5.41) is 3.45. The first-order valence-electron chi connectivity index (χ1n) is 9.66. The number of aromatic nitrogens is 1. The monoisotopic (exact) mass is 381 g/mol. The molecule has 1 N–H and O–H groups in total. The third kappa shape index (κ3) is 4.38. The van der Waals surface area contributed by atoms with E-state index in [1.54, 1.807) is 12.1 Å². The lowest BCUT2D eigenvalue weighted by molar-refractivity contribution is -0.00223. The number of hydrogen-bond acceptors (Lipinski definition) is 5. The van der Waals surface area contributed by atoms with Crippen molar-refractivity contribution >= 4 is 15.8 Å². The molecule has 1 aliphatic heterocycles. The van der Waals surface area contributed by atoms with Crippen molar-refractivity contribution in [3.63, 3.8) is 0 Å². The highest BCUT2D eigenvalue weighted by Crippen LogP contribution is 2.38. The Morgan fingerprint density at radius 1 is 1.15 bits per heavy atom. The number of pyridine rings is 1. The van der Waals surface area contributed by atoms with Crippen molar-refractivity contribution in [2.45, 2.75) is 82.5 Å². The average molecular weight is 382 g/mol. The van der Waals surface area contributed by atoms with Gasteiger partial charge in [-0.05, 0) is 71.4 Å². The van der Waals surface area contributed by atoms with Crippen LogP contribution < -0.4 is 5.32 Å². The van der Waals surface area contributed by atoms with Crippen molar-refractivity contribution in [2.24, 2.45) is 5.92 Å². The fourth-order valence-corrected chi connectivity index (χ4v) is 5.64. The van der Waals surface area contributed by atoms with Gasteiger partial charge in [0.1, 0.15) is 10.7 Å². The number of nitrogens with one attached hydrogen (secondary N) is 1. The molecule has 0 bridgehead atoms. The van der Waals surface area contributed by atoms with Crippen LogP contribution in [-0.4, -0.2) is 48.5 Å². The zero-order chi connectivity index (χ0) is 18.9. The van der Waals surface area contributed by atoms with Crippen molar-refractivity contribution in [3.05, 3.63) is 18.3 Å². The van der Waals surface area contributed by atoms with Crippen molar-refractivity contribution in [2.75, 3.05) is 11.9 Å². The van der Waals surface area contributed by atoms with E-state index in [1.807, 2.05) is 27.7 Å². The Kier molecular flexibility index (Phi) is 5.89. The van der Waals surface area contributed by atoms with Gasteiger partial charge in [-0.2, -0.15) is 4.31 Å². The van der Waals surface area contributed by atoms with Gasteiger partial charge in [0.2, 0.25) is 10.0 Å². The molecule has 26 heavy (non-hydrogen) atoms. The van der Waals surface area contributed by atoms with E-state index in [1.165, 1.54) is 23.3 Å². The van der Waals surface area contributed by atoms with Crippen molar-refractivity contribution in [3.8, 4) is 0 Å². The van der Waals surface area contributed by atoms with Crippen LogP contribution in [0.1, 0.15) is 53.4 Å². The van der Waals surface area contributed by atoms with Gasteiger partial charge >= 0.3 is 0 Å². The first kappa shape index (κ1) is 19.6. The van der Waals surface area contributed by atoms with Crippen LogP contribution in [0.25, 0.3) is 0 Å². The van der Waals surface area contributed by atoms with Gasteiger partial charge in [0.25, 0.3) is 0 Å². The van der Waals surface area contributed by atoms with E-state index in [0.29, 0.717) is 12.1 Å². The Labute approximate surface area is 157 Å². The van der Waals surface area contributed by atoms with E-state index in [9.17, 15) is 8.42 Å². The molecule has 2 unspecified atom stereocenters. The smallest absolute Gasteiger partial charge is 0.245 e. The Hall–Kier alpha value is -1.18. The first-order chi connectivity index (χ1) is 12.3. The van der Waals surface area contributed by atoms with Crippen molar-refractivity contribution < 1.29 is 13.2 Å². The predicted molar refractivity (Wildman–Crippen MR) is 103 cm³/mol. The summed E-state index contributed by atoms with van der Waals surface area (Å²) >= 11 is 0. The lowest BCUT2D eigenvalue weighted by Crippen LogP contribution is -2.42. The molecule has 2 atom stereocenters. The summed E-state index contributed by atoms with van der Waals surface area (Å²) in [6.45, 7) is 8.35.